The van der Waals surface area contributed by atoms with Gasteiger partial charge in [-0.3, -0.25) is 0 Å². The molecule has 1 fully saturated rings. The highest BCUT2D eigenvalue weighted by atomic mass is 32.2. The van der Waals surface area contributed by atoms with E-state index in [1.165, 1.54) is 0 Å². The Hall–Kier alpha value is -0.630. The minimum absolute atomic E-state index is 0.0301. The number of hydrogen-bond acceptors (Lipinski definition) is 5. The minimum atomic E-state index is -3.45. The predicted octanol–water partition coefficient (Wildman–Crippen LogP) is 0.927. The summed E-state index contributed by atoms with van der Waals surface area (Å²) in [6.07, 6.45) is 1.62. The summed E-state index contributed by atoms with van der Waals surface area (Å²) in [5.41, 5.74) is 0.976. The highest BCUT2D eigenvalue weighted by Crippen LogP contribution is 2.23. The van der Waals surface area contributed by atoms with Crippen LogP contribution in [0.25, 0.3) is 0 Å². The second-order valence-corrected chi connectivity index (χ2v) is 7.56. The number of aromatic nitrogens is 1. The van der Waals surface area contributed by atoms with E-state index in [-0.39, 0.29) is 11.1 Å². The Kier molecular flexibility index (Phi) is 4.83. The van der Waals surface area contributed by atoms with Crippen molar-refractivity contribution in [2.75, 3.05) is 25.1 Å². The molecule has 5 nitrogen and oxygen atoms in total. The average Bonchev–Trinajstić information content (AvgIpc) is 2.40. The van der Waals surface area contributed by atoms with Gasteiger partial charge in [-0.15, -0.1) is 0 Å². The van der Waals surface area contributed by atoms with Crippen LogP contribution in [-0.2, 0) is 16.6 Å². The van der Waals surface area contributed by atoms with Crippen LogP contribution in [0.3, 0.4) is 0 Å². The fourth-order valence-electron chi connectivity index (χ4n) is 2.06. The number of thioether (sulfide) groups is 1. The Bertz CT molecular complexity index is 516. The van der Waals surface area contributed by atoms with E-state index >= 15 is 0 Å². The second-order valence-electron chi connectivity index (χ2n) is 4.57. The SMILES string of the molecule is CNCc1ccc(S(=O)(=O)N2CCSCC2C)nc1. The maximum absolute atomic E-state index is 12.5. The van der Waals surface area contributed by atoms with Gasteiger partial charge >= 0.3 is 0 Å². The summed E-state index contributed by atoms with van der Waals surface area (Å²) in [6, 6.07) is 3.43. The first kappa shape index (κ1) is 14.8. The van der Waals surface area contributed by atoms with E-state index in [0.717, 1.165) is 17.1 Å². The summed E-state index contributed by atoms with van der Waals surface area (Å²) in [5, 5.41) is 3.15. The van der Waals surface area contributed by atoms with Crippen LogP contribution in [0.4, 0.5) is 0 Å². The minimum Gasteiger partial charge on any atom is -0.316 e. The van der Waals surface area contributed by atoms with Crippen LogP contribution in [0.2, 0.25) is 0 Å². The molecule has 0 radical (unpaired) electrons. The van der Waals surface area contributed by atoms with Gasteiger partial charge in [0.25, 0.3) is 10.0 Å². The molecule has 1 unspecified atom stereocenters. The van der Waals surface area contributed by atoms with Gasteiger partial charge in [0, 0.05) is 36.8 Å². The maximum Gasteiger partial charge on any atom is 0.260 e. The van der Waals surface area contributed by atoms with Crippen molar-refractivity contribution in [3.8, 4) is 0 Å². The molecular formula is C12H19N3O2S2. The van der Waals surface area contributed by atoms with Crippen LogP contribution in [-0.4, -0.2) is 48.8 Å². The molecule has 1 atom stereocenters. The molecule has 0 saturated carbocycles. The molecule has 0 amide bonds. The van der Waals surface area contributed by atoms with E-state index in [2.05, 4.69) is 10.3 Å². The van der Waals surface area contributed by atoms with E-state index in [9.17, 15) is 8.42 Å². The summed E-state index contributed by atoms with van der Waals surface area (Å²) in [6.45, 7) is 3.19. The normalized spacial score (nSPS) is 21.5. The molecule has 1 aromatic rings. The van der Waals surface area contributed by atoms with Crippen molar-refractivity contribution in [2.45, 2.75) is 24.5 Å². The van der Waals surface area contributed by atoms with Gasteiger partial charge in [-0.1, -0.05) is 6.07 Å². The Balaban J connectivity index is 2.23. The van der Waals surface area contributed by atoms with Gasteiger partial charge in [-0.2, -0.15) is 16.1 Å². The summed E-state index contributed by atoms with van der Waals surface area (Å²) in [4.78, 5) is 4.10. The number of sulfonamides is 1. The molecule has 1 saturated heterocycles. The Labute approximate surface area is 118 Å². The van der Waals surface area contributed by atoms with Gasteiger partial charge in [-0.05, 0) is 25.6 Å². The number of nitrogens with zero attached hydrogens (tertiary/aromatic N) is 2. The molecule has 1 aliphatic rings. The fraction of sp³-hybridized carbons (Fsp3) is 0.583. The number of hydrogen-bond donors (Lipinski definition) is 1. The molecule has 2 heterocycles. The van der Waals surface area contributed by atoms with Crippen LogP contribution in [0, 0.1) is 0 Å². The molecule has 2 rings (SSSR count). The van der Waals surface area contributed by atoms with Gasteiger partial charge in [0.05, 0.1) is 0 Å². The lowest BCUT2D eigenvalue weighted by Gasteiger charge is -2.31. The van der Waals surface area contributed by atoms with E-state index in [1.807, 2.05) is 14.0 Å². The number of nitrogens with one attached hydrogen (secondary N) is 1. The van der Waals surface area contributed by atoms with Crippen molar-refractivity contribution in [3.05, 3.63) is 23.9 Å². The van der Waals surface area contributed by atoms with Crippen LogP contribution < -0.4 is 5.32 Å². The quantitative estimate of drug-likeness (QED) is 0.896. The summed E-state index contributed by atoms with van der Waals surface area (Å²) in [5.74, 6) is 1.69. The van der Waals surface area contributed by atoms with Crippen molar-refractivity contribution in [1.82, 2.24) is 14.6 Å². The monoisotopic (exact) mass is 301 g/mol. The van der Waals surface area contributed by atoms with E-state index in [0.29, 0.717) is 13.1 Å². The molecule has 0 bridgehead atoms. The lowest BCUT2D eigenvalue weighted by Crippen LogP contribution is -2.44. The molecule has 1 N–H and O–H groups in total. The first-order chi connectivity index (χ1) is 9.05. The third kappa shape index (κ3) is 3.28. The number of pyridine rings is 1. The van der Waals surface area contributed by atoms with Crippen molar-refractivity contribution >= 4 is 21.8 Å². The largest absolute Gasteiger partial charge is 0.316 e. The first-order valence-corrected chi connectivity index (χ1v) is 8.84. The predicted molar refractivity (Wildman–Crippen MR) is 77.7 cm³/mol. The zero-order valence-corrected chi connectivity index (χ0v) is 12.8. The third-order valence-electron chi connectivity index (χ3n) is 3.06. The lowest BCUT2D eigenvalue weighted by atomic mass is 10.3. The standard InChI is InChI=1S/C12H19N3O2S2/c1-10-9-18-6-5-15(10)19(16,17)12-4-3-11(7-13-2)8-14-12/h3-4,8,10,13H,5-7,9H2,1-2H3. The zero-order valence-electron chi connectivity index (χ0n) is 11.2. The molecule has 0 spiro atoms. The first-order valence-electron chi connectivity index (χ1n) is 6.25. The van der Waals surface area contributed by atoms with Gasteiger partial charge in [0.15, 0.2) is 5.03 Å². The van der Waals surface area contributed by atoms with Crippen molar-refractivity contribution in [3.63, 3.8) is 0 Å². The fourth-order valence-corrected chi connectivity index (χ4v) is 4.83. The third-order valence-corrected chi connectivity index (χ3v) is 6.18. The maximum atomic E-state index is 12.5. The van der Waals surface area contributed by atoms with Crippen LogP contribution >= 0.6 is 11.8 Å². The summed E-state index contributed by atoms with van der Waals surface area (Å²) in [7, 11) is -1.61. The van der Waals surface area contributed by atoms with Crippen LogP contribution in [0.5, 0.6) is 0 Å². The zero-order chi connectivity index (χ0) is 13.9. The molecule has 19 heavy (non-hydrogen) atoms. The highest BCUT2D eigenvalue weighted by Gasteiger charge is 2.31. The van der Waals surface area contributed by atoms with Crippen molar-refractivity contribution < 1.29 is 8.42 Å². The topological polar surface area (TPSA) is 62.3 Å². The van der Waals surface area contributed by atoms with Crippen molar-refractivity contribution in [2.24, 2.45) is 0 Å². The average molecular weight is 301 g/mol. The van der Waals surface area contributed by atoms with E-state index in [1.54, 1.807) is 34.4 Å². The Morgan fingerprint density at radius 1 is 1.53 bits per heavy atom. The smallest absolute Gasteiger partial charge is 0.260 e. The van der Waals surface area contributed by atoms with Gasteiger partial charge in [0.2, 0.25) is 0 Å². The van der Waals surface area contributed by atoms with E-state index < -0.39 is 10.0 Å². The Morgan fingerprint density at radius 2 is 2.32 bits per heavy atom. The molecule has 106 valence electrons. The number of rotatable bonds is 4. The highest BCUT2D eigenvalue weighted by molar-refractivity contribution is 7.99. The summed E-state index contributed by atoms with van der Waals surface area (Å²) >= 11 is 1.79. The summed E-state index contributed by atoms with van der Waals surface area (Å²) < 4.78 is 26.6. The van der Waals surface area contributed by atoms with Crippen LogP contribution in [0.1, 0.15) is 12.5 Å². The second kappa shape index (κ2) is 6.21. The van der Waals surface area contributed by atoms with Crippen LogP contribution in [0.15, 0.2) is 23.4 Å². The molecule has 7 heteroatoms. The van der Waals surface area contributed by atoms with Gasteiger partial charge in [-0.25, -0.2) is 13.4 Å². The molecular weight excluding hydrogens is 282 g/mol. The molecule has 1 aromatic heterocycles. The molecule has 1 aliphatic heterocycles. The van der Waals surface area contributed by atoms with Crippen molar-refractivity contribution in [1.29, 1.82) is 0 Å². The molecule has 0 aromatic carbocycles. The van der Waals surface area contributed by atoms with Gasteiger partial charge in [0.1, 0.15) is 0 Å². The van der Waals surface area contributed by atoms with Gasteiger partial charge < -0.3 is 5.32 Å². The molecule has 0 aliphatic carbocycles. The Morgan fingerprint density at radius 3 is 2.89 bits per heavy atom. The lowest BCUT2D eigenvalue weighted by molar-refractivity contribution is 0.366. The van der Waals surface area contributed by atoms with E-state index in [4.69, 9.17) is 0 Å².